The molecule has 1 fully saturated rings. The number of hydrogen-bond acceptors (Lipinski definition) is 5. The maximum absolute atomic E-state index is 14.9. The van der Waals surface area contributed by atoms with E-state index >= 15 is 0 Å². The van der Waals surface area contributed by atoms with E-state index in [9.17, 15) is 13.9 Å². The number of benzene rings is 2. The molecule has 6 nitrogen and oxygen atoms in total. The van der Waals surface area contributed by atoms with Crippen LogP contribution >= 0.6 is 0 Å². The highest BCUT2D eigenvalue weighted by atomic mass is 19.1. The van der Waals surface area contributed by atoms with Crippen LogP contribution in [0.1, 0.15) is 25.7 Å². The Hall–Kier alpha value is -3.52. The Labute approximate surface area is 189 Å². The first-order chi connectivity index (χ1) is 16.0. The molecule has 0 radical (unpaired) electrons. The first-order valence-corrected chi connectivity index (χ1v) is 10.9. The number of aliphatic hydroxyl groups excluding tert-OH is 1. The van der Waals surface area contributed by atoms with Crippen LogP contribution in [-0.4, -0.2) is 39.5 Å². The number of para-hydroxylation sites is 1. The summed E-state index contributed by atoms with van der Waals surface area (Å²) in [6, 6.07) is 11.9. The van der Waals surface area contributed by atoms with Crippen molar-refractivity contribution in [3.63, 3.8) is 0 Å². The van der Waals surface area contributed by atoms with Crippen molar-refractivity contribution < 1.29 is 18.6 Å². The number of nitrogens with one attached hydrogen (secondary N) is 2. The number of methoxy groups -OCH3 is 1. The van der Waals surface area contributed by atoms with Gasteiger partial charge in [-0.25, -0.2) is 13.8 Å². The van der Waals surface area contributed by atoms with Crippen molar-refractivity contribution in [1.82, 2.24) is 15.2 Å². The molecule has 5 rings (SSSR count). The second-order valence-electron chi connectivity index (χ2n) is 8.36. The number of aromatic amines is 1. The second kappa shape index (κ2) is 8.78. The van der Waals surface area contributed by atoms with E-state index in [1.807, 2.05) is 30.3 Å². The molecule has 1 aliphatic rings. The van der Waals surface area contributed by atoms with Gasteiger partial charge in [0.15, 0.2) is 5.65 Å². The zero-order valence-corrected chi connectivity index (χ0v) is 18.1. The topological polar surface area (TPSA) is 83.1 Å². The van der Waals surface area contributed by atoms with Crippen LogP contribution in [0, 0.1) is 11.6 Å². The quantitative estimate of drug-likeness (QED) is 0.385. The van der Waals surface area contributed by atoms with E-state index in [4.69, 9.17) is 4.74 Å². The summed E-state index contributed by atoms with van der Waals surface area (Å²) in [5, 5.41) is 20.6. The van der Waals surface area contributed by atoms with Crippen molar-refractivity contribution in [2.24, 2.45) is 0 Å². The van der Waals surface area contributed by atoms with Gasteiger partial charge in [0.05, 0.1) is 13.2 Å². The Morgan fingerprint density at radius 2 is 1.76 bits per heavy atom. The summed E-state index contributed by atoms with van der Waals surface area (Å²) < 4.78 is 35.3. The molecule has 2 aromatic heterocycles. The first kappa shape index (κ1) is 21.3. The number of pyridine rings is 1. The Kier molecular flexibility index (Phi) is 5.68. The summed E-state index contributed by atoms with van der Waals surface area (Å²) in [4.78, 5) is 4.40. The first-order valence-electron chi connectivity index (χ1n) is 10.9. The maximum atomic E-state index is 14.9. The molecule has 0 bridgehead atoms. The van der Waals surface area contributed by atoms with Crippen molar-refractivity contribution in [2.45, 2.75) is 37.8 Å². The van der Waals surface area contributed by atoms with Crippen molar-refractivity contribution in [2.75, 3.05) is 12.4 Å². The van der Waals surface area contributed by atoms with Crippen LogP contribution < -0.4 is 10.1 Å². The molecule has 4 aromatic rings. The number of aromatic nitrogens is 3. The number of ether oxygens (including phenoxy) is 1. The molecule has 0 unspecified atom stereocenters. The number of nitrogens with zero attached hydrogens (tertiary/aromatic N) is 2. The molecule has 2 heterocycles. The monoisotopic (exact) mass is 450 g/mol. The lowest BCUT2D eigenvalue weighted by molar-refractivity contribution is 0.126. The average molecular weight is 450 g/mol. The molecule has 0 saturated heterocycles. The summed E-state index contributed by atoms with van der Waals surface area (Å²) in [5.74, 6) is -0.652. The van der Waals surface area contributed by atoms with Crippen LogP contribution in [0.3, 0.4) is 0 Å². The molecular weight excluding hydrogens is 426 g/mol. The van der Waals surface area contributed by atoms with Gasteiger partial charge in [-0.15, -0.1) is 0 Å². The Morgan fingerprint density at radius 1 is 1.03 bits per heavy atom. The van der Waals surface area contributed by atoms with E-state index in [1.165, 1.54) is 12.1 Å². The van der Waals surface area contributed by atoms with Crippen molar-refractivity contribution in [1.29, 1.82) is 0 Å². The number of H-pyrrole nitrogens is 1. The Balaban J connectivity index is 1.49. The molecule has 2 aromatic carbocycles. The van der Waals surface area contributed by atoms with Crippen molar-refractivity contribution in [3.05, 3.63) is 60.3 Å². The SMILES string of the molecule is COc1ccccc1-c1n[nH]c2ncc(-c3cc(F)c(N[C@H]4CC[C@H](O)CC4)c(F)c3)cc12. The van der Waals surface area contributed by atoms with Gasteiger partial charge in [0.2, 0.25) is 0 Å². The fourth-order valence-electron chi connectivity index (χ4n) is 4.41. The highest BCUT2D eigenvalue weighted by Crippen LogP contribution is 2.35. The highest BCUT2D eigenvalue weighted by molar-refractivity contribution is 5.94. The van der Waals surface area contributed by atoms with E-state index in [0.717, 1.165) is 10.9 Å². The fraction of sp³-hybridized carbons (Fsp3) is 0.280. The molecule has 8 heteroatoms. The van der Waals surface area contributed by atoms with Crippen LogP contribution in [0.4, 0.5) is 14.5 Å². The minimum atomic E-state index is -0.659. The third-order valence-electron chi connectivity index (χ3n) is 6.20. The largest absolute Gasteiger partial charge is 0.496 e. The summed E-state index contributed by atoms with van der Waals surface area (Å²) >= 11 is 0. The van der Waals surface area contributed by atoms with Gasteiger partial charge < -0.3 is 15.2 Å². The number of anilines is 1. The molecule has 3 N–H and O–H groups in total. The van der Waals surface area contributed by atoms with Gasteiger partial charge in [0.1, 0.15) is 28.8 Å². The minimum Gasteiger partial charge on any atom is -0.496 e. The standard InChI is InChI=1S/C25H24F2N4O2/c1-33-22-5-3-2-4-18(22)23-19-10-15(13-28-25(19)31-30-23)14-11-20(26)24(21(27)12-14)29-16-6-8-17(32)9-7-16/h2-5,10-13,16-17,29,32H,6-9H2,1H3,(H,28,30,31)/t16-,17-. The molecular formula is C25H24F2N4O2. The normalized spacial score (nSPS) is 18.4. The lowest BCUT2D eigenvalue weighted by Crippen LogP contribution is -2.28. The van der Waals surface area contributed by atoms with Crippen LogP contribution in [0.25, 0.3) is 33.4 Å². The second-order valence-corrected chi connectivity index (χ2v) is 8.36. The maximum Gasteiger partial charge on any atom is 0.155 e. The lowest BCUT2D eigenvalue weighted by atomic mass is 9.93. The Bertz CT molecular complexity index is 1280. The number of halogens is 2. The molecule has 1 saturated carbocycles. The van der Waals surface area contributed by atoms with Gasteiger partial charge in [-0.2, -0.15) is 5.10 Å². The molecule has 0 spiro atoms. The predicted octanol–water partition coefficient (Wildman–Crippen LogP) is 5.29. The van der Waals surface area contributed by atoms with Gasteiger partial charge in [0, 0.05) is 28.8 Å². The van der Waals surface area contributed by atoms with Gasteiger partial charge in [-0.05, 0) is 61.6 Å². The Morgan fingerprint density at radius 3 is 2.48 bits per heavy atom. The van der Waals surface area contributed by atoms with E-state index in [1.54, 1.807) is 13.3 Å². The zero-order chi connectivity index (χ0) is 22.9. The van der Waals surface area contributed by atoms with E-state index < -0.39 is 11.6 Å². The molecule has 1 aliphatic carbocycles. The van der Waals surface area contributed by atoms with Gasteiger partial charge >= 0.3 is 0 Å². The smallest absolute Gasteiger partial charge is 0.155 e. The lowest BCUT2D eigenvalue weighted by Gasteiger charge is -2.27. The summed E-state index contributed by atoms with van der Waals surface area (Å²) in [6.07, 6.45) is 3.85. The van der Waals surface area contributed by atoms with Crippen molar-refractivity contribution >= 4 is 16.7 Å². The van der Waals surface area contributed by atoms with E-state index in [-0.39, 0.29) is 17.8 Å². The summed E-state index contributed by atoms with van der Waals surface area (Å²) in [6.45, 7) is 0. The average Bonchev–Trinajstić information content (AvgIpc) is 3.25. The van der Waals surface area contributed by atoms with Crippen LogP contribution in [0.15, 0.2) is 48.7 Å². The summed E-state index contributed by atoms with van der Waals surface area (Å²) in [7, 11) is 1.59. The number of hydrogen-bond donors (Lipinski definition) is 3. The molecule has 0 amide bonds. The fourth-order valence-corrected chi connectivity index (χ4v) is 4.41. The molecule has 170 valence electrons. The molecule has 33 heavy (non-hydrogen) atoms. The van der Waals surface area contributed by atoms with Gasteiger partial charge in [-0.1, -0.05) is 12.1 Å². The van der Waals surface area contributed by atoms with Crippen LogP contribution in [-0.2, 0) is 0 Å². The van der Waals surface area contributed by atoms with Crippen LogP contribution in [0.5, 0.6) is 5.75 Å². The molecule has 0 atom stereocenters. The highest BCUT2D eigenvalue weighted by Gasteiger charge is 2.22. The summed E-state index contributed by atoms with van der Waals surface area (Å²) in [5.41, 5.74) is 2.84. The molecule has 0 aliphatic heterocycles. The number of rotatable bonds is 5. The number of fused-ring (bicyclic) bond motifs is 1. The van der Waals surface area contributed by atoms with Crippen molar-refractivity contribution in [3.8, 4) is 28.1 Å². The number of aliphatic hydroxyl groups is 1. The van der Waals surface area contributed by atoms with Crippen LogP contribution in [0.2, 0.25) is 0 Å². The third kappa shape index (κ3) is 4.14. The van der Waals surface area contributed by atoms with E-state index in [2.05, 4.69) is 20.5 Å². The minimum absolute atomic E-state index is 0.0596. The predicted molar refractivity (Wildman–Crippen MR) is 123 cm³/mol. The van der Waals surface area contributed by atoms with Gasteiger partial charge in [0.25, 0.3) is 0 Å². The van der Waals surface area contributed by atoms with Gasteiger partial charge in [-0.3, -0.25) is 5.10 Å². The van der Waals surface area contributed by atoms with E-state index in [0.29, 0.717) is 53.9 Å². The third-order valence-corrected chi connectivity index (χ3v) is 6.20. The zero-order valence-electron chi connectivity index (χ0n) is 18.1.